The van der Waals surface area contributed by atoms with Crippen molar-refractivity contribution in [3.63, 3.8) is 0 Å². The summed E-state index contributed by atoms with van der Waals surface area (Å²) in [5, 5.41) is 5.30. The number of carbonyl (C=O) groups excluding carboxylic acids is 1. The fraction of sp³-hybridized carbons (Fsp3) is 0.190. The van der Waals surface area contributed by atoms with Crippen molar-refractivity contribution in [2.45, 2.75) is 19.6 Å². The van der Waals surface area contributed by atoms with Crippen LogP contribution in [0.25, 0.3) is 10.8 Å². The molecule has 0 aliphatic carbocycles. The number of rotatable bonds is 5. The third-order valence-electron chi connectivity index (χ3n) is 4.41. The summed E-state index contributed by atoms with van der Waals surface area (Å²) in [5.41, 5.74) is 0.928. The van der Waals surface area contributed by atoms with Gasteiger partial charge in [-0.1, -0.05) is 41.9 Å². The maximum absolute atomic E-state index is 12.4. The Labute approximate surface area is 161 Å². The van der Waals surface area contributed by atoms with Gasteiger partial charge >= 0.3 is 0 Å². The van der Waals surface area contributed by atoms with Gasteiger partial charge in [-0.25, -0.2) is 0 Å². The Balaban J connectivity index is 1.42. The second-order valence-electron chi connectivity index (χ2n) is 6.26. The molecular weight excluding hydrogens is 366 g/mol. The molecule has 0 spiro atoms. The van der Waals surface area contributed by atoms with E-state index in [1.54, 1.807) is 19.1 Å². The SMILES string of the molecule is C[C@H](Oc1ccc(Cl)c2ccccc12)C(=O)NCc1ccc2c(c1)OCO2. The van der Waals surface area contributed by atoms with Crippen molar-refractivity contribution in [3.05, 3.63) is 65.2 Å². The van der Waals surface area contributed by atoms with Crippen molar-refractivity contribution in [2.24, 2.45) is 0 Å². The summed E-state index contributed by atoms with van der Waals surface area (Å²) >= 11 is 6.23. The van der Waals surface area contributed by atoms with E-state index in [4.69, 9.17) is 25.8 Å². The Hall–Kier alpha value is -2.92. The third kappa shape index (κ3) is 3.64. The lowest BCUT2D eigenvalue weighted by atomic mass is 10.1. The summed E-state index contributed by atoms with van der Waals surface area (Å²) < 4.78 is 16.5. The van der Waals surface area contributed by atoms with Crippen molar-refractivity contribution in [3.8, 4) is 17.2 Å². The Kier molecular flexibility index (Phi) is 4.77. The molecule has 0 fully saturated rings. The minimum atomic E-state index is -0.649. The fourth-order valence-corrected chi connectivity index (χ4v) is 3.19. The largest absolute Gasteiger partial charge is 0.480 e. The molecule has 1 heterocycles. The summed E-state index contributed by atoms with van der Waals surface area (Å²) in [4.78, 5) is 12.4. The summed E-state index contributed by atoms with van der Waals surface area (Å²) in [5.74, 6) is 1.84. The highest BCUT2D eigenvalue weighted by molar-refractivity contribution is 6.35. The zero-order valence-electron chi connectivity index (χ0n) is 14.7. The fourth-order valence-electron chi connectivity index (χ4n) is 2.97. The number of halogens is 1. The molecule has 0 unspecified atom stereocenters. The van der Waals surface area contributed by atoms with Crippen molar-refractivity contribution in [1.29, 1.82) is 0 Å². The summed E-state index contributed by atoms with van der Waals surface area (Å²) in [6.45, 7) is 2.33. The van der Waals surface area contributed by atoms with E-state index >= 15 is 0 Å². The van der Waals surface area contributed by atoms with Crippen LogP contribution in [-0.2, 0) is 11.3 Å². The van der Waals surface area contributed by atoms with Gasteiger partial charge < -0.3 is 19.5 Å². The van der Waals surface area contributed by atoms with Crippen LogP contribution in [-0.4, -0.2) is 18.8 Å². The number of carbonyl (C=O) groups is 1. The Morgan fingerprint density at radius 1 is 1.11 bits per heavy atom. The van der Waals surface area contributed by atoms with Gasteiger partial charge in [-0.05, 0) is 36.8 Å². The molecular formula is C21H18ClNO4. The molecule has 3 aromatic rings. The molecule has 0 aromatic heterocycles. The average molecular weight is 384 g/mol. The maximum Gasteiger partial charge on any atom is 0.261 e. The maximum atomic E-state index is 12.4. The molecule has 1 atom stereocenters. The van der Waals surface area contributed by atoms with E-state index in [9.17, 15) is 4.79 Å². The van der Waals surface area contributed by atoms with Crippen molar-refractivity contribution >= 4 is 28.3 Å². The molecule has 0 saturated carbocycles. The molecule has 0 radical (unpaired) electrons. The molecule has 4 rings (SSSR count). The van der Waals surface area contributed by atoms with Crippen LogP contribution in [0, 0.1) is 0 Å². The van der Waals surface area contributed by atoms with Crippen LogP contribution >= 0.6 is 11.6 Å². The molecule has 1 aliphatic rings. The second kappa shape index (κ2) is 7.37. The molecule has 1 N–H and O–H groups in total. The van der Waals surface area contributed by atoms with Crippen LogP contribution in [0.5, 0.6) is 17.2 Å². The van der Waals surface area contributed by atoms with E-state index in [-0.39, 0.29) is 12.7 Å². The first-order valence-electron chi connectivity index (χ1n) is 8.62. The van der Waals surface area contributed by atoms with Gasteiger partial charge in [0, 0.05) is 22.3 Å². The first-order valence-corrected chi connectivity index (χ1v) is 9.00. The molecule has 1 aliphatic heterocycles. The van der Waals surface area contributed by atoms with Gasteiger partial charge in [0.2, 0.25) is 6.79 Å². The van der Waals surface area contributed by atoms with E-state index in [0.717, 1.165) is 22.1 Å². The van der Waals surface area contributed by atoms with E-state index in [2.05, 4.69) is 5.32 Å². The van der Waals surface area contributed by atoms with Gasteiger partial charge in [-0.2, -0.15) is 0 Å². The molecule has 6 heteroatoms. The minimum absolute atomic E-state index is 0.202. The van der Waals surface area contributed by atoms with Crippen molar-refractivity contribution in [1.82, 2.24) is 5.32 Å². The number of hydrogen-bond acceptors (Lipinski definition) is 4. The third-order valence-corrected chi connectivity index (χ3v) is 4.74. The van der Waals surface area contributed by atoms with Crippen LogP contribution in [0.4, 0.5) is 0 Å². The van der Waals surface area contributed by atoms with Crippen LogP contribution in [0.3, 0.4) is 0 Å². The minimum Gasteiger partial charge on any atom is -0.480 e. The number of amides is 1. The monoisotopic (exact) mass is 383 g/mol. The van der Waals surface area contributed by atoms with Gasteiger partial charge in [-0.3, -0.25) is 4.79 Å². The number of nitrogens with one attached hydrogen (secondary N) is 1. The zero-order chi connectivity index (χ0) is 18.8. The smallest absolute Gasteiger partial charge is 0.261 e. The highest BCUT2D eigenvalue weighted by atomic mass is 35.5. The van der Waals surface area contributed by atoms with Gasteiger partial charge in [-0.15, -0.1) is 0 Å². The summed E-state index contributed by atoms with van der Waals surface area (Å²) in [6.07, 6.45) is -0.649. The van der Waals surface area contributed by atoms with E-state index < -0.39 is 6.10 Å². The average Bonchev–Trinajstić information content (AvgIpc) is 3.16. The predicted octanol–water partition coefficient (Wildman–Crippen LogP) is 4.31. The highest BCUT2D eigenvalue weighted by Gasteiger charge is 2.17. The normalized spacial score (nSPS) is 13.4. The second-order valence-corrected chi connectivity index (χ2v) is 6.66. The van der Waals surface area contributed by atoms with Crippen LogP contribution in [0.2, 0.25) is 5.02 Å². The summed E-state index contributed by atoms with van der Waals surface area (Å²) in [7, 11) is 0. The standard InChI is InChI=1S/C21H18ClNO4/c1-13(27-18-9-7-17(22)15-4-2-3-5-16(15)18)21(24)23-11-14-6-8-19-20(10-14)26-12-25-19/h2-10,13H,11-12H2,1H3,(H,23,24)/t13-/m0/s1. The first-order chi connectivity index (χ1) is 13.1. The molecule has 27 heavy (non-hydrogen) atoms. The molecule has 0 bridgehead atoms. The quantitative estimate of drug-likeness (QED) is 0.713. The van der Waals surface area contributed by atoms with Crippen molar-refractivity contribution in [2.75, 3.05) is 6.79 Å². The van der Waals surface area contributed by atoms with Gasteiger partial charge in [0.25, 0.3) is 5.91 Å². The number of benzene rings is 3. The Morgan fingerprint density at radius 3 is 2.74 bits per heavy atom. The lowest BCUT2D eigenvalue weighted by molar-refractivity contribution is -0.127. The molecule has 3 aromatic carbocycles. The van der Waals surface area contributed by atoms with Crippen LogP contribution < -0.4 is 19.5 Å². The highest BCUT2D eigenvalue weighted by Crippen LogP contribution is 2.33. The summed E-state index contributed by atoms with van der Waals surface area (Å²) in [6, 6.07) is 16.8. The van der Waals surface area contributed by atoms with Crippen molar-refractivity contribution < 1.29 is 19.0 Å². The lowest BCUT2D eigenvalue weighted by Gasteiger charge is -2.17. The Bertz CT molecular complexity index is 1000. The van der Waals surface area contributed by atoms with Gasteiger partial charge in [0.15, 0.2) is 17.6 Å². The van der Waals surface area contributed by atoms with E-state index in [0.29, 0.717) is 23.1 Å². The zero-order valence-corrected chi connectivity index (χ0v) is 15.5. The predicted molar refractivity (Wildman–Crippen MR) is 103 cm³/mol. The first kappa shape index (κ1) is 17.5. The molecule has 1 amide bonds. The Morgan fingerprint density at radius 2 is 1.89 bits per heavy atom. The van der Waals surface area contributed by atoms with E-state index in [1.807, 2.05) is 42.5 Å². The number of hydrogen-bond donors (Lipinski definition) is 1. The molecule has 0 saturated heterocycles. The molecule has 138 valence electrons. The number of fused-ring (bicyclic) bond motifs is 2. The van der Waals surface area contributed by atoms with Crippen LogP contribution in [0.1, 0.15) is 12.5 Å². The van der Waals surface area contributed by atoms with E-state index in [1.165, 1.54) is 0 Å². The van der Waals surface area contributed by atoms with Crippen LogP contribution in [0.15, 0.2) is 54.6 Å². The number of ether oxygens (including phenoxy) is 3. The van der Waals surface area contributed by atoms with Gasteiger partial charge in [0.05, 0.1) is 0 Å². The topological polar surface area (TPSA) is 56.8 Å². The molecule has 5 nitrogen and oxygen atoms in total. The lowest BCUT2D eigenvalue weighted by Crippen LogP contribution is -2.35. The van der Waals surface area contributed by atoms with Gasteiger partial charge in [0.1, 0.15) is 5.75 Å².